The average Bonchev–Trinajstić information content (AvgIpc) is 3.20. The van der Waals surface area contributed by atoms with Gasteiger partial charge in [-0.2, -0.15) is 0 Å². The first-order valence-corrected chi connectivity index (χ1v) is 12.1. The first kappa shape index (κ1) is 26.4. The van der Waals surface area contributed by atoms with Crippen molar-refractivity contribution in [2.75, 3.05) is 32.3 Å². The number of amides is 1. The smallest absolute Gasteiger partial charge is 0.300 e. The molecule has 1 unspecified atom stereocenters. The molecule has 3 aromatic carbocycles. The molecule has 1 fully saturated rings. The monoisotopic (exact) mass is 519 g/mol. The summed E-state index contributed by atoms with van der Waals surface area (Å²) in [7, 11) is 2.91. The van der Waals surface area contributed by atoms with E-state index < -0.39 is 23.5 Å². The molecule has 0 radical (unpaired) electrons. The number of carbonyl (C=O) groups is 2. The van der Waals surface area contributed by atoms with E-state index in [4.69, 9.17) is 18.9 Å². The second kappa shape index (κ2) is 11.2. The molecular weight excluding hydrogens is 490 g/mol. The van der Waals surface area contributed by atoms with E-state index in [1.807, 2.05) is 6.92 Å². The normalized spacial score (nSPS) is 16.4. The van der Waals surface area contributed by atoms with E-state index in [1.54, 1.807) is 55.5 Å². The molecule has 0 aromatic heterocycles. The topological polar surface area (TPSA) is 115 Å². The first-order chi connectivity index (χ1) is 18.3. The van der Waals surface area contributed by atoms with Gasteiger partial charge in [0.1, 0.15) is 23.0 Å². The number of Topliss-reactive ketones (excluding diaryl/α,β-unsaturated/α-hetero) is 1. The Morgan fingerprint density at radius 1 is 0.842 bits per heavy atom. The quantitative estimate of drug-likeness (QED) is 0.235. The van der Waals surface area contributed by atoms with Gasteiger partial charge in [0, 0.05) is 5.69 Å². The highest BCUT2D eigenvalue weighted by molar-refractivity contribution is 6.51. The van der Waals surface area contributed by atoms with Gasteiger partial charge < -0.3 is 29.2 Å². The third-order valence-electron chi connectivity index (χ3n) is 6.13. The highest BCUT2D eigenvalue weighted by Crippen LogP contribution is 2.45. The molecule has 9 nitrogen and oxygen atoms in total. The summed E-state index contributed by atoms with van der Waals surface area (Å²) in [5.41, 5.74) is 0.903. The number of aliphatic hydroxyl groups is 1. The average molecular weight is 520 g/mol. The summed E-state index contributed by atoms with van der Waals surface area (Å²) in [4.78, 5) is 28.3. The third-order valence-corrected chi connectivity index (χ3v) is 6.13. The molecule has 38 heavy (non-hydrogen) atoms. The molecule has 1 aliphatic heterocycles. The molecule has 1 amide bonds. The summed E-state index contributed by atoms with van der Waals surface area (Å²) in [5.74, 6) is -0.726. The predicted molar refractivity (Wildman–Crippen MR) is 141 cm³/mol. The number of aromatic hydroxyl groups is 1. The Morgan fingerprint density at radius 3 is 2.16 bits per heavy atom. The van der Waals surface area contributed by atoms with Crippen molar-refractivity contribution in [3.63, 3.8) is 0 Å². The van der Waals surface area contributed by atoms with Crippen LogP contribution < -0.4 is 23.8 Å². The summed E-state index contributed by atoms with van der Waals surface area (Å²) in [6, 6.07) is 15.0. The largest absolute Gasteiger partial charge is 0.507 e. The van der Waals surface area contributed by atoms with E-state index in [-0.39, 0.29) is 35.0 Å². The fraction of sp³-hybridized carbons (Fsp3) is 0.241. The number of ketones is 1. The number of carbonyl (C=O) groups excluding carboxylic acids is 2. The Kier molecular flexibility index (Phi) is 7.76. The third kappa shape index (κ3) is 4.82. The van der Waals surface area contributed by atoms with Crippen LogP contribution in [-0.4, -0.2) is 49.3 Å². The summed E-state index contributed by atoms with van der Waals surface area (Å²) in [5, 5.41) is 21.8. The van der Waals surface area contributed by atoms with Crippen LogP contribution in [0.25, 0.3) is 5.76 Å². The molecule has 0 bridgehead atoms. The van der Waals surface area contributed by atoms with Gasteiger partial charge in [0.05, 0.1) is 44.6 Å². The molecule has 0 spiro atoms. The minimum absolute atomic E-state index is 0.0944. The number of ether oxygens (including phenoxy) is 4. The zero-order chi connectivity index (χ0) is 27.4. The lowest BCUT2D eigenvalue weighted by Gasteiger charge is -2.26. The Hall–Kier alpha value is -4.66. The van der Waals surface area contributed by atoms with Gasteiger partial charge >= 0.3 is 0 Å². The van der Waals surface area contributed by atoms with E-state index in [0.717, 1.165) is 0 Å². The van der Waals surface area contributed by atoms with Gasteiger partial charge in [-0.1, -0.05) is 6.07 Å². The standard InChI is InChI=1S/C29H29NO8/c1-5-37-19-10-8-18(9-11-19)30-26(17-7-13-22(31)24(15-17)38-6-2)25(28(33)29(30)34)27(32)21-16-20(35-3)12-14-23(21)36-4/h7-16,26,31-32H,5-6H2,1-4H3/b27-25+. The Balaban J connectivity index is 1.96. The summed E-state index contributed by atoms with van der Waals surface area (Å²) < 4.78 is 21.8. The number of aliphatic hydroxyl groups excluding tert-OH is 1. The number of nitrogens with zero attached hydrogens (tertiary/aromatic N) is 1. The van der Waals surface area contributed by atoms with E-state index >= 15 is 0 Å². The Labute approximate surface area is 220 Å². The highest BCUT2D eigenvalue weighted by Gasteiger charge is 2.47. The zero-order valence-electron chi connectivity index (χ0n) is 21.6. The van der Waals surface area contributed by atoms with Crippen molar-refractivity contribution in [3.05, 3.63) is 77.4 Å². The van der Waals surface area contributed by atoms with Gasteiger partial charge in [-0.15, -0.1) is 0 Å². The van der Waals surface area contributed by atoms with Crippen LogP contribution in [0.5, 0.6) is 28.7 Å². The van der Waals surface area contributed by atoms with E-state index in [9.17, 15) is 19.8 Å². The fourth-order valence-corrected chi connectivity index (χ4v) is 4.40. The van der Waals surface area contributed by atoms with Gasteiger partial charge in [0.2, 0.25) is 0 Å². The number of anilines is 1. The number of rotatable bonds is 9. The molecule has 1 atom stereocenters. The molecule has 1 saturated heterocycles. The van der Waals surface area contributed by atoms with Crippen molar-refractivity contribution >= 4 is 23.1 Å². The van der Waals surface area contributed by atoms with E-state index in [1.165, 1.54) is 31.3 Å². The van der Waals surface area contributed by atoms with Crippen molar-refractivity contribution in [1.29, 1.82) is 0 Å². The number of methoxy groups -OCH3 is 2. The molecule has 1 heterocycles. The number of hydrogen-bond acceptors (Lipinski definition) is 8. The van der Waals surface area contributed by atoms with E-state index in [0.29, 0.717) is 29.4 Å². The lowest BCUT2D eigenvalue weighted by Crippen LogP contribution is -2.29. The molecule has 9 heteroatoms. The van der Waals surface area contributed by atoms with Crippen LogP contribution in [0.15, 0.2) is 66.2 Å². The molecular formula is C29H29NO8. The van der Waals surface area contributed by atoms with Crippen molar-refractivity contribution in [3.8, 4) is 28.7 Å². The maximum absolute atomic E-state index is 13.5. The summed E-state index contributed by atoms with van der Waals surface area (Å²) in [6.07, 6.45) is 0. The van der Waals surface area contributed by atoms with Crippen LogP contribution in [0.2, 0.25) is 0 Å². The number of phenols is 1. The maximum atomic E-state index is 13.5. The molecule has 198 valence electrons. The zero-order valence-corrected chi connectivity index (χ0v) is 21.6. The van der Waals surface area contributed by atoms with Crippen LogP contribution in [-0.2, 0) is 9.59 Å². The van der Waals surface area contributed by atoms with Gasteiger partial charge in [0.15, 0.2) is 11.5 Å². The summed E-state index contributed by atoms with van der Waals surface area (Å²) in [6.45, 7) is 4.39. The van der Waals surface area contributed by atoms with Gasteiger partial charge in [-0.25, -0.2) is 0 Å². The minimum Gasteiger partial charge on any atom is -0.507 e. The lowest BCUT2D eigenvalue weighted by atomic mass is 9.94. The predicted octanol–water partition coefficient (Wildman–Crippen LogP) is 4.83. The van der Waals surface area contributed by atoms with Crippen LogP contribution in [0.4, 0.5) is 5.69 Å². The maximum Gasteiger partial charge on any atom is 0.300 e. The Bertz CT molecular complexity index is 1380. The highest BCUT2D eigenvalue weighted by atomic mass is 16.5. The van der Waals surface area contributed by atoms with Crippen LogP contribution in [0.1, 0.15) is 31.0 Å². The molecule has 0 aliphatic carbocycles. The first-order valence-electron chi connectivity index (χ1n) is 12.1. The van der Waals surface area contributed by atoms with Gasteiger partial charge in [-0.3, -0.25) is 14.5 Å². The van der Waals surface area contributed by atoms with Crippen LogP contribution >= 0.6 is 0 Å². The van der Waals surface area contributed by atoms with E-state index in [2.05, 4.69) is 0 Å². The summed E-state index contributed by atoms with van der Waals surface area (Å²) >= 11 is 0. The molecule has 0 saturated carbocycles. The number of benzene rings is 3. The molecule has 3 aromatic rings. The number of hydrogen-bond donors (Lipinski definition) is 2. The molecule has 4 rings (SSSR count). The minimum atomic E-state index is -1.04. The van der Waals surface area contributed by atoms with Crippen molar-refractivity contribution in [1.82, 2.24) is 0 Å². The van der Waals surface area contributed by atoms with Crippen LogP contribution in [0, 0.1) is 0 Å². The SMILES string of the molecule is CCOc1ccc(N2C(=O)C(=O)/C(=C(/O)c3cc(OC)ccc3OC)C2c2ccc(O)c(OCC)c2)cc1. The molecule has 2 N–H and O–H groups in total. The van der Waals surface area contributed by atoms with Crippen molar-refractivity contribution < 1.29 is 38.7 Å². The van der Waals surface area contributed by atoms with Gasteiger partial charge in [0.25, 0.3) is 11.7 Å². The molecule has 1 aliphatic rings. The van der Waals surface area contributed by atoms with Crippen molar-refractivity contribution in [2.24, 2.45) is 0 Å². The lowest BCUT2D eigenvalue weighted by molar-refractivity contribution is -0.132. The van der Waals surface area contributed by atoms with Gasteiger partial charge in [-0.05, 0) is 74.0 Å². The fourth-order valence-electron chi connectivity index (χ4n) is 4.40. The van der Waals surface area contributed by atoms with Crippen LogP contribution in [0.3, 0.4) is 0 Å². The van der Waals surface area contributed by atoms with Crippen molar-refractivity contribution in [2.45, 2.75) is 19.9 Å². The second-order valence-electron chi connectivity index (χ2n) is 8.32. The Morgan fingerprint density at radius 2 is 1.53 bits per heavy atom. The second-order valence-corrected chi connectivity index (χ2v) is 8.32. The number of phenolic OH excluding ortho intramolecular Hbond substituents is 1.